The van der Waals surface area contributed by atoms with Crippen LogP contribution in [-0.4, -0.2) is 11.1 Å². The van der Waals surface area contributed by atoms with E-state index in [1.807, 2.05) is 36.4 Å². The van der Waals surface area contributed by atoms with Crippen molar-refractivity contribution >= 4 is 43.3 Å². The van der Waals surface area contributed by atoms with Crippen LogP contribution in [-0.2, 0) is 11.2 Å². The monoisotopic (exact) mass is 360 g/mol. The summed E-state index contributed by atoms with van der Waals surface area (Å²) in [5.41, 5.74) is 1.93. The number of thiophene rings is 1. The summed E-state index contributed by atoms with van der Waals surface area (Å²) in [5, 5.41) is 12.8. The largest absolute Gasteiger partial charge is 0.481 e. The molecule has 0 bridgehead atoms. The molecule has 0 saturated heterocycles. The van der Waals surface area contributed by atoms with Crippen LogP contribution in [0.25, 0.3) is 10.1 Å². The topological polar surface area (TPSA) is 37.3 Å². The summed E-state index contributed by atoms with van der Waals surface area (Å²) in [6.45, 7) is 0. The van der Waals surface area contributed by atoms with Gasteiger partial charge in [-0.05, 0) is 46.5 Å². The Morgan fingerprint density at radius 2 is 2.00 bits per heavy atom. The minimum atomic E-state index is -0.789. The van der Waals surface area contributed by atoms with E-state index >= 15 is 0 Å². The van der Waals surface area contributed by atoms with Crippen molar-refractivity contribution in [2.24, 2.45) is 0 Å². The molecular weight excluding hydrogens is 348 g/mol. The summed E-state index contributed by atoms with van der Waals surface area (Å²) in [6.07, 6.45) is 0.510. The maximum absolute atomic E-state index is 11.7. The zero-order chi connectivity index (χ0) is 14.8. The van der Waals surface area contributed by atoms with Gasteiger partial charge in [0.05, 0.1) is 5.92 Å². The molecule has 2 nitrogen and oxygen atoms in total. The quantitative estimate of drug-likeness (QED) is 0.704. The molecule has 1 heterocycles. The van der Waals surface area contributed by atoms with Gasteiger partial charge in [0.15, 0.2) is 0 Å². The van der Waals surface area contributed by atoms with Crippen molar-refractivity contribution in [3.63, 3.8) is 0 Å². The number of rotatable bonds is 4. The Balaban J connectivity index is 1.98. The predicted octanol–water partition coefficient (Wildman–Crippen LogP) is 5.07. The number of carbonyl (C=O) groups is 1. The first-order chi connectivity index (χ1) is 10.1. The third-order valence-corrected chi connectivity index (χ3v) is 5.04. The highest BCUT2D eigenvalue weighted by Crippen LogP contribution is 2.31. The van der Waals surface area contributed by atoms with Gasteiger partial charge in [-0.15, -0.1) is 11.3 Å². The Morgan fingerprint density at radius 3 is 2.76 bits per heavy atom. The number of halogens is 1. The van der Waals surface area contributed by atoms with Crippen LogP contribution in [0.3, 0.4) is 0 Å². The molecule has 2 aromatic carbocycles. The van der Waals surface area contributed by atoms with E-state index in [2.05, 4.69) is 33.4 Å². The van der Waals surface area contributed by atoms with Gasteiger partial charge >= 0.3 is 5.97 Å². The molecule has 0 fully saturated rings. The van der Waals surface area contributed by atoms with Crippen molar-refractivity contribution in [3.05, 3.63) is 69.5 Å². The van der Waals surface area contributed by atoms with Crippen LogP contribution in [0.2, 0.25) is 0 Å². The second-order valence-corrected chi connectivity index (χ2v) is 6.73. The molecule has 1 aromatic heterocycles. The average molecular weight is 361 g/mol. The van der Waals surface area contributed by atoms with Crippen molar-refractivity contribution < 1.29 is 9.90 Å². The summed E-state index contributed by atoms with van der Waals surface area (Å²) in [6, 6.07) is 15.7. The second kappa shape index (κ2) is 6.00. The molecule has 0 radical (unpaired) electrons. The van der Waals surface area contributed by atoms with Crippen LogP contribution in [0.1, 0.15) is 17.0 Å². The molecule has 106 valence electrons. The van der Waals surface area contributed by atoms with Gasteiger partial charge in [0.2, 0.25) is 0 Å². The number of aliphatic carboxylic acids is 1. The highest BCUT2D eigenvalue weighted by Gasteiger charge is 2.22. The van der Waals surface area contributed by atoms with Gasteiger partial charge in [-0.3, -0.25) is 4.79 Å². The fraction of sp³-hybridized carbons (Fsp3) is 0.118. The van der Waals surface area contributed by atoms with E-state index in [-0.39, 0.29) is 0 Å². The molecule has 3 rings (SSSR count). The third-order valence-electron chi connectivity index (χ3n) is 3.53. The molecule has 4 heteroatoms. The summed E-state index contributed by atoms with van der Waals surface area (Å²) in [7, 11) is 0. The van der Waals surface area contributed by atoms with Crippen molar-refractivity contribution in [2.45, 2.75) is 12.3 Å². The van der Waals surface area contributed by atoms with Crippen molar-refractivity contribution in [1.82, 2.24) is 0 Å². The SMILES string of the molecule is O=C(O)C(Cc1csc2ccccc12)c1cccc(Br)c1. The van der Waals surface area contributed by atoms with Gasteiger partial charge in [-0.1, -0.05) is 46.3 Å². The van der Waals surface area contributed by atoms with Gasteiger partial charge in [0, 0.05) is 9.17 Å². The molecule has 1 atom stereocenters. The van der Waals surface area contributed by atoms with Crippen LogP contribution < -0.4 is 0 Å². The number of carboxylic acid groups (broad SMARTS) is 1. The Hall–Kier alpha value is -1.65. The zero-order valence-electron chi connectivity index (χ0n) is 11.1. The first-order valence-corrected chi connectivity index (χ1v) is 8.26. The van der Waals surface area contributed by atoms with Gasteiger partial charge in [0.25, 0.3) is 0 Å². The lowest BCUT2D eigenvalue weighted by Crippen LogP contribution is -2.14. The number of carboxylic acids is 1. The number of benzene rings is 2. The first-order valence-electron chi connectivity index (χ1n) is 6.58. The smallest absolute Gasteiger partial charge is 0.311 e. The second-order valence-electron chi connectivity index (χ2n) is 4.91. The van der Waals surface area contributed by atoms with Crippen LogP contribution in [0.5, 0.6) is 0 Å². The Kier molecular flexibility index (Phi) is 4.08. The lowest BCUT2D eigenvalue weighted by Gasteiger charge is -2.13. The third kappa shape index (κ3) is 3.01. The summed E-state index contributed by atoms with van der Waals surface area (Å²) >= 11 is 5.07. The molecule has 0 aliphatic carbocycles. The summed E-state index contributed by atoms with van der Waals surface area (Å²) < 4.78 is 2.10. The maximum atomic E-state index is 11.7. The zero-order valence-corrected chi connectivity index (χ0v) is 13.5. The van der Waals surface area contributed by atoms with Gasteiger partial charge in [-0.25, -0.2) is 0 Å². The van der Waals surface area contributed by atoms with Crippen LogP contribution in [0, 0.1) is 0 Å². The Morgan fingerprint density at radius 1 is 1.19 bits per heavy atom. The van der Waals surface area contributed by atoms with Gasteiger partial charge in [-0.2, -0.15) is 0 Å². The lowest BCUT2D eigenvalue weighted by molar-refractivity contribution is -0.138. The molecule has 0 amide bonds. The number of hydrogen-bond acceptors (Lipinski definition) is 2. The molecule has 0 aliphatic heterocycles. The Labute approximate surface area is 135 Å². The van der Waals surface area contributed by atoms with E-state index in [1.54, 1.807) is 11.3 Å². The predicted molar refractivity (Wildman–Crippen MR) is 90.0 cm³/mol. The molecule has 0 aliphatic rings. The minimum absolute atomic E-state index is 0.510. The van der Waals surface area contributed by atoms with Crippen LogP contribution >= 0.6 is 27.3 Å². The van der Waals surface area contributed by atoms with E-state index in [9.17, 15) is 9.90 Å². The highest BCUT2D eigenvalue weighted by atomic mass is 79.9. The van der Waals surface area contributed by atoms with Crippen molar-refractivity contribution in [1.29, 1.82) is 0 Å². The fourth-order valence-corrected chi connectivity index (χ4v) is 3.87. The minimum Gasteiger partial charge on any atom is -0.481 e. The summed E-state index contributed by atoms with van der Waals surface area (Å²) in [5.74, 6) is -1.32. The van der Waals surface area contributed by atoms with E-state index in [0.717, 1.165) is 21.0 Å². The highest BCUT2D eigenvalue weighted by molar-refractivity contribution is 9.10. The standard InChI is InChI=1S/C17H13BrO2S/c18-13-5-3-4-11(8-13)15(17(19)20)9-12-10-21-16-7-2-1-6-14(12)16/h1-8,10,15H,9H2,(H,19,20). The molecule has 21 heavy (non-hydrogen) atoms. The lowest BCUT2D eigenvalue weighted by atomic mass is 9.92. The van der Waals surface area contributed by atoms with E-state index in [1.165, 1.54) is 4.70 Å². The molecular formula is C17H13BrO2S. The van der Waals surface area contributed by atoms with Crippen molar-refractivity contribution in [2.75, 3.05) is 0 Å². The summed E-state index contributed by atoms with van der Waals surface area (Å²) in [4.78, 5) is 11.7. The average Bonchev–Trinajstić information content (AvgIpc) is 2.87. The Bertz CT molecular complexity index is 794. The van der Waals surface area contributed by atoms with Crippen LogP contribution in [0.15, 0.2) is 58.4 Å². The molecule has 1 N–H and O–H groups in total. The fourth-order valence-electron chi connectivity index (χ4n) is 2.48. The van der Waals surface area contributed by atoms with E-state index in [4.69, 9.17) is 0 Å². The molecule has 0 saturated carbocycles. The van der Waals surface area contributed by atoms with Gasteiger partial charge < -0.3 is 5.11 Å². The number of hydrogen-bond donors (Lipinski definition) is 1. The normalized spacial score (nSPS) is 12.4. The molecule has 0 spiro atoms. The van der Waals surface area contributed by atoms with Crippen molar-refractivity contribution in [3.8, 4) is 0 Å². The molecule has 3 aromatic rings. The maximum Gasteiger partial charge on any atom is 0.311 e. The molecule has 1 unspecified atom stereocenters. The first kappa shape index (κ1) is 14.3. The van der Waals surface area contributed by atoms with Crippen LogP contribution in [0.4, 0.5) is 0 Å². The van der Waals surface area contributed by atoms with Gasteiger partial charge in [0.1, 0.15) is 0 Å². The van der Waals surface area contributed by atoms with E-state index in [0.29, 0.717) is 6.42 Å². The number of fused-ring (bicyclic) bond motifs is 1. The van der Waals surface area contributed by atoms with E-state index < -0.39 is 11.9 Å².